The standard InChI is InChI=1S/C11H25NO2/c1-5-6-11(9-13-4)12-7-8-14-10(2)3/h10-12H,5-9H2,1-4H3. The summed E-state index contributed by atoms with van der Waals surface area (Å²) in [6.45, 7) is 8.77. The molecule has 1 N–H and O–H groups in total. The molecule has 0 saturated heterocycles. The summed E-state index contributed by atoms with van der Waals surface area (Å²) in [7, 11) is 1.74. The van der Waals surface area contributed by atoms with E-state index in [-0.39, 0.29) is 0 Å². The topological polar surface area (TPSA) is 30.5 Å². The van der Waals surface area contributed by atoms with Crippen LogP contribution < -0.4 is 5.32 Å². The molecular weight excluding hydrogens is 178 g/mol. The second-order valence-corrected chi connectivity index (χ2v) is 3.81. The highest BCUT2D eigenvalue weighted by molar-refractivity contribution is 4.64. The second kappa shape index (κ2) is 9.44. The van der Waals surface area contributed by atoms with Gasteiger partial charge in [0.05, 0.1) is 19.3 Å². The quantitative estimate of drug-likeness (QED) is 0.580. The molecule has 86 valence electrons. The summed E-state index contributed by atoms with van der Waals surface area (Å²) in [5.41, 5.74) is 0. The monoisotopic (exact) mass is 203 g/mol. The van der Waals surface area contributed by atoms with Crippen molar-refractivity contribution in [2.45, 2.75) is 45.8 Å². The zero-order valence-electron chi connectivity index (χ0n) is 10.0. The smallest absolute Gasteiger partial charge is 0.0615 e. The maximum Gasteiger partial charge on any atom is 0.0615 e. The van der Waals surface area contributed by atoms with E-state index < -0.39 is 0 Å². The molecule has 0 bridgehead atoms. The maximum atomic E-state index is 5.45. The van der Waals surface area contributed by atoms with Crippen molar-refractivity contribution < 1.29 is 9.47 Å². The van der Waals surface area contributed by atoms with Crippen LogP contribution in [0.1, 0.15) is 33.6 Å². The number of rotatable bonds is 9. The molecule has 0 rings (SSSR count). The molecule has 3 heteroatoms. The summed E-state index contributed by atoms with van der Waals surface area (Å²) in [5, 5.41) is 3.43. The zero-order valence-corrected chi connectivity index (χ0v) is 10.0. The van der Waals surface area contributed by atoms with E-state index in [1.807, 2.05) is 0 Å². The van der Waals surface area contributed by atoms with Crippen LogP contribution >= 0.6 is 0 Å². The predicted octanol–water partition coefficient (Wildman–Crippen LogP) is 1.82. The molecule has 3 nitrogen and oxygen atoms in total. The molecule has 0 radical (unpaired) electrons. The average Bonchev–Trinajstić information content (AvgIpc) is 2.12. The molecule has 0 aromatic carbocycles. The van der Waals surface area contributed by atoms with Crippen molar-refractivity contribution >= 4 is 0 Å². The molecule has 14 heavy (non-hydrogen) atoms. The zero-order chi connectivity index (χ0) is 10.8. The van der Waals surface area contributed by atoms with E-state index >= 15 is 0 Å². The number of nitrogens with one attached hydrogen (secondary N) is 1. The van der Waals surface area contributed by atoms with Crippen molar-refractivity contribution in [3.63, 3.8) is 0 Å². The Morgan fingerprint density at radius 2 is 2.00 bits per heavy atom. The van der Waals surface area contributed by atoms with Crippen LogP contribution in [0, 0.1) is 0 Å². The van der Waals surface area contributed by atoms with Gasteiger partial charge in [-0.15, -0.1) is 0 Å². The van der Waals surface area contributed by atoms with E-state index in [4.69, 9.17) is 9.47 Å². The summed E-state index contributed by atoms with van der Waals surface area (Å²) >= 11 is 0. The van der Waals surface area contributed by atoms with Crippen LogP contribution in [-0.2, 0) is 9.47 Å². The third-order valence-corrected chi connectivity index (χ3v) is 1.99. The van der Waals surface area contributed by atoms with Gasteiger partial charge in [0, 0.05) is 19.7 Å². The van der Waals surface area contributed by atoms with Gasteiger partial charge in [0.1, 0.15) is 0 Å². The average molecular weight is 203 g/mol. The number of ether oxygens (including phenoxy) is 2. The Kier molecular flexibility index (Phi) is 9.35. The largest absolute Gasteiger partial charge is 0.383 e. The summed E-state index contributed by atoms with van der Waals surface area (Å²) in [6.07, 6.45) is 2.67. The molecule has 0 aromatic rings. The summed E-state index contributed by atoms with van der Waals surface area (Å²) in [5.74, 6) is 0. The van der Waals surface area contributed by atoms with Crippen molar-refractivity contribution in [3.8, 4) is 0 Å². The molecule has 0 aliphatic carbocycles. The van der Waals surface area contributed by atoms with E-state index in [1.165, 1.54) is 6.42 Å². The Labute approximate surface area is 88.2 Å². The summed E-state index contributed by atoms with van der Waals surface area (Å²) in [4.78, 5) is 0. The Morgan fingerprint density at radius 3 is 2.50 bits per heavy atom. The molecule has 0 spiro atoms. The second-order valence-electron chi connectivity index (χ2n) is 3.81. The van der Waals surface area contributed by atoms with Crippen molar-refractivity contribution in [3.05, 3.63) is 0 Å². The van der Waals surface area contributed by atoms with E-state index in [0.717, 1.165) is 26.2 Å². The Hall–Kier alpha value is -0.120. The summed E-state index contributed by atoms with van der Waals surface area (Å²) in [6, 6.07) is 0.473. The molecule has 0 aliphatic rings. The van der Waals surface area contributed by atoms with Crippen molar-refractivity contribution in [2.75, 3.05) is 26.9 Å². The van der Waals surface area contributed by atoms with E-state index in [1.54, 1.807) is 7.11 Å². The fraction of sp³-hybridized carbons (Fsp3) is 1.00. The summed E-state index contributed by atoms with van der Waals surface area (Å²) < 4.78 is 10.6. The maximum absolute atomic E-state index is 5.45. The van der Waals surface area contributed by atoms with Gasteiger partial charge in [-0.05, 0) is 20.3 Å². The molecule has 0 aliphatic heterocycles. The third kappa shape index (κ3) is 8.48. The van der Waals surface area contributed by atoms with Crippen molar-refractivity contribution in [1.29, 1.82) is 0 Å². The van der Waals surface area contributed by atoms with Gasteiger partial charge in [-0.2, -0.15) is 0 Å². The van der Waals surface area contributed by atoms with Gasteiger partial charge in [-0.25, -0.2) is 0 Å². The Balaban J connectivity index is 3.40. The minimum atomic E-state index is 0.323. The highest BCUT2D eigenvalue weighted by atomic mass is 16.5. The van der Waals surface area contributed by atoms with Gasteiger partial charge in [0.25, 0.3) is 0 Å². The molecule has 0 saturated carbocycles. The fourth-order valence-electron chi connectivity index (χ4n) is 1.35. The van der Waals surface area contributed by atoms with E-state index in [9.17, 15) is 0 Å². The van der Waals surface area contributed by atoms with Gasteiger partial charge in [0.2, 0.25) is 0 Å². The van der Waals surface area contributed by atoms with Crippen molar-refractivity contribution in [1.82, 2.24) is 5.32 Å². The molecule has 0 fully saturated rings. The molecule has 1 unspecified atom stereocenters. The van der Waals surface area contributed by atoms with Gasteiger partial charge in [-0.1, -0.05) is 13.3 Å². The molecule has 1 atom stereocenters. The van der Waals surface area contributed by atoms with Crippen LogP contribution in [0.15, 0.2) is 0 Å². The van der Waals surface area contributed by atoms with E-state index in [2.05, 4.69) is 26.1 Å². The first kappa shape index (κ1) is 13.9. The minimum absolute atomic E-state index is 0.323. The first-order valence-electron chi connectivity index (χ1n) is 5.54. The number of methoxy groups -OCH3 is 1. The normalized spacial score (nSPS) is 13.5. The molecular formula is C11H25NO2. The van der Waals surface area contributed by atoms with Gasteiger partial charge < -0.3 is 14.8 Å². The third-order valence-electron chi connectivity index (χ3n) is 1.99. The first-order valence-corrected chi connectivity index (χ1v) is 5.54. The van der Waals surface area contributed by atoms with Crippen LogP contribution in [0.2, 0.25) is 0 Å². The SMILES string of the molecule is CCCC(COC)NCCOC(C)C. The fourth-order valence-corrected chi connectivity index (χ4v) is 1.35. The molecule has 0 heterocycles. The van der Waals surface area contributed by atoms with Gasteiger partial charge in [-0.3, -0.25) is 0 Å². The molecule has 0 aromatic heterocycles. The van der Waals surface area contributed by atoms with Crippen LogP contribution in [0.4, 0.5) is 0 Å². The lowest BCUT2D eigenvalue weighted by molar-refractivity contribution is 0.0756. The predicted molar refractivity (Wildman–Crippen MR) is 59.7 cm³/mol. The minimum Gasteiger partial charge on any atom is -0.383 e. The highest BCUT2D eigenvalue weighted by Gasteiger charge is 2.05. The van der Waals surface area contributed by atoms with E-state index in [0.29, 0.717) is 12.1 Å². The van der Waals surface area contributed by atoms with Crippen LogP contribution in [0.5, 0.6) is 0 Å². The molecule has 0 amide bonds. The number of hydrogen-bond donors (Lipinski definition) is 1. The lowest BCUT2D eigenvalue weighted by Crippen LogP contribution is -2.35. The van der Waals surface area contributed by atoms with Crippen LogP contribution in [-0.4, -0.2) is 39.0 Å². The lowest BCUT2D eigenvalue weighted by Gasteiger charge is -2.17. The van der Waals surface area contributed by atoms with Crippen molar-refractivity contribution in [2.24, 2.45) is 0 Å². The van der Waals surface area contributed by atoms with Crippen LogP contribution in [0.25, 0.3) is 0 Å². The Morgan fingerprint density at radius 1 is 1.29 bits per heavy atom. The van der Waals surface area contributed by atoms with Gasteiger partial charge >= 0.3 is 0 Å². The first-order chi connectivity index (χ1) is 6.70. The van der Waals surface area contributed by atoms with Crippen LogP contribution in [0.3, 0.4) is 0 Å². The Bertz CT molecular complexity index is 112. The number of hydrogen-bond acceptors (Lipinski definition) is 3. The highest BCUT2D eigenvalue weighted by Crippen LogP contribution is 1.96. The van der Waals surface area contributed by atoms with Gasteiger partial charge in [0.15, 0.2) is 0 Å². The lowest BCUT2D eigenvalue weighted by atomic mass is 10.2.